The summed E-state index contributed by atoms with van der Waals surface area (Å²) in [6, 6.07) is 0. The number of hydrogen-bond acceptors (Lipinski definition) is 0. The van der Waals surface area contributed by atoms with Gasteiger partial charge in [0.15, 0.2) is 0 Å². The van der Waals surface area contributed by atoms with Gasteiger partial charge >= 0.3 is 57.4 Å². The summed E-state index contributed by atoms with van der Waals surface area (Å²) in [5, 5.41) is 0. The number of hydrogen-bond donors (Lipinski definition) is 0. The van der Waals surface area contributed by atoms with E-state index in [9.17, 15) is 0 Å². The third kappa shape index (κ3) is 6.82. The van der Waals surface area contributed by atoms with Crippen molar-refractivity contribution in [3.05, 3.63) is 0 Å². The standard InChI is InChI=1S/2C3H7.Sb.H/c2*1-3-2;;/h2*3H,1-2H3;;/i;;;1+1. The van der Waals surface area contributed by atoms with Crippen LogP contribution in [0.5, 0.6) is 0 Å². The summed E-state index contributed by atoms with van der Waals surface area (Å²) in [6.07, 6.45) is 0. The summed E-state index contributed by atoms with van der Waals surface area (Å²) < 4.78 is 9.05. The van der Waals surface area contributed by atoms with Crippen molar-refractivity contribution in [1.29, 1.82) is 0.569 Å². The van der Waals surface area contributed by atoms with Gasteiger partial charge in [0.2, 0.25) is 0 Å². The first kappa shape index (κ1) is 5.95. The van der Waals surface area contributed by atoms with Gasteiger partial charge < -0.3 is 0 Å². The first-order chi connectivity index (χ1) is 3.55. The molecule has 1 heteroatoms. The molecule has 0 radical (unpaired) electrons. The SMILES string of the molecule is [2H][Sb]([CH](C)C)[CH](C)C. The molecule has 44 valence electrons. The summed E-state index contributed by atoms with van der Waals surface area (Å²) in [5.41, 5.74) is 0. The Balaban J connectivity index is 3.46. The van der Waals surface area contributed by atoms with Crippen LogP contribution in [-0.2, 0) is 0 Å². The molecule has 0 aliphatic rings. The van der Waals surface area contributed by atoms with Crippen molar-refractivity contribution in [2.45, 2.75) is 35.4 Å². The van der Waals surface area contributed by atoms with Crippen molar-refractivity contribution in [3.8, 4) is 0 Å². The molecule has 0 saturated heterocycles. The van der Waals surface area contributed by atoms with Crippen LogP contribution in [0.3, 0.4) is 0 Å². The molecule has 0 rings (SSSR count). The van der Waals surface area contributed by atoms with E-state index in [0.717, 1.165) is 0 Å². The molecule has 0 aliphatic heterocycles. The summed E-state index contributed by atoms with van der Waals surface area (Å²) in [7, 11) is 0. The first-order valence-electron chi connectivity index (χ1n) is 3.27. The third-order valence-corrected chi connectivity index (χ3v) is 4.00. The van der Waals surface area contributed by atoms with E-state index in [2.05, 4.69) is 27.7 Å². The molecule has 7 heavy (non-hydrogen) atoms. The minimum atomic E-state index is -1.49. The molecule has 0 saturated carbocycles. The molecule has 0 heterocycles. The molecular weight excluding hydrogens is 194 g/mol. The molecule has 0 spiro atoms. The fraction of sp³-hybridized carbons (Fsp3) is 1.00. The van der Waals surface area contributed by atoms with Crippen molar-refractivity contribution >= 4 is 21.4 Å². The van der Waals surface area contributed by atoms with Gasteiger partial charge in [-0.1, -0.05) is 0 Å². The summed E-state index contributed by atoms with van der Waals surface area (Å²) >= 11 is -1.49. The van der Waals surface area contributed by atoms with Crippen molar-refractivity contribution < 1.29 is 0 Å². The normalized spacial score (nSPS) is 13.9. The van der Waals surface area contributed by atoms with Gasteiger partial charge in [-0.2, -0.15) is 0 Å². The molecule has 0 N–H and O–H groups in total. The summed E-state index contributed by atoms with van der Waals surface area (Å²) in [4.78, 5) is 0. The van der Waals surface area contributed by atoms with E-state index in [1.807, 2.05) is 0 Å². The molecular formula is C6H15Sb. The molecule has 0 nitrogen and oxygen atoms in total. The Labute approximate surface area is 57.6 Å². The van der Waals surface area contributed by atoms with Gasteiger partial charge in [-0.25, -0.2) is 0 Å². The second-order valence-electron chi connectivity index (χ2n) is 2.34. The van der Waals surface area contributed by atoms with Gasteiger partial charge in [0.1, 0.15) is 0 Å². The van der Waals surface area contributed by atoms with Gasteiger partial charge in [-0.05, 0) is 0 Å². The van der Waals surface area contributed by atoms with Crippen molar-refractivity contribution in [2.24, 2.45) is 0 Å². The van der Waals surface area contributed by atoms with E-state index in [4.69, 9.17) is 0.569 Å². The Bertz CT molecular complexity index is 53.5. The average molecular weight is 210 g/mol. The van der Waals surface area contributed by atoms with Gasteiger partial charge in [-0.15, -0.1) is 0 Å². The zero-order chi connectivity index (χ0) is 6.73. The van der Waals surface area contributed by atoms with E-state index >= 15 is 0 Å². The fourth-order valence-corrected chi connectivity index (χ4v) is 4.00. The van der Waals surface area contributed by atoms with Crippen LogP contribution in [0.1, 0.15) is 27.7 Å². The Morgan fingerprint density at radius 3 is 1.43 bits per heavy atom. The van der Waals surface area contributed by atoms with Crippen LogP contribution >= 0.6 is 0 Å². The van der Waals surface area contributed by atoms with E-state index < -0.39 is 21.4 Å². The number of rotatable bonds is 2. The molecule has 0 aromatic heterocycles. The Hall–Kier alpha value is 0.818. The van der Waals surface area contributed by atoms with E-state index in [1.165, 1.54) is 0 Å². The van der Waals surface area contributed by atoms with E-state index in [1.54, 1.807) is 0 Å². The maximum absolute atomic E-state index is 7.66. The van der Waals surface area contributed by atoms with Crippen molar-refractivity contribution in [3.63, 3.8) is 0 Å². The maximum atomic E-state index is 7.66. The van der Waals surface area contributed by atoms with Crippen LogP contribution in [0, 0.1) is 0 Å². The van der Waals surface area contributed by atoms with E-state index in [0.29, 0.717) is 7.73 Å². The van der Waals surface area contributed by atoms with Gasteiger partial charge in [0, 0.05) is 0 Å². The molecule has 0 aliphatic carbocycles. The Morgan fingerprint density at radius 1 is 1.14 bits per heavy atom. The molecule has 0 fully saturated rings. The van der Waals surface area contributed by atoms with Crippen LogP contribution in [-0.4, -0.2) is 22.0 Å². The molecule has 0 amide bonds. The van der Waals surface area contributed by atoms with Gasteiger partial charge in [0.25, 0.3) is 0 Å². The first-order valence-corrected chi connectivity index (χ1v) is 5.77. The average Bonchev–Trinajstić information content (AvgIpc) is 1.64. The van der Waals surface area contributed by atoms with Crippen LogP contribution in [0.15, 0.2) is 0 Å². The third-order valence-electron chi connectivity index (χ3n) is 0.596. The van der Waals surface area contributed by atoms with Gasteiger partial charge in [0.05, 0.1) is 0 Å². The fourth-order valence-electron chi connectivity index (χ4n) is 0.596. The van der Waals surface area contributed by atoms with Crippen LogP contribution < -0.4 is 0 Å². The van der Waals surface area contributed by atoms with E-state index in [-0.39, 0.29) is 0 Å². The molecule has 0 bridgehead atoms. The van der Waals surface area contributed by atoms with Crippen molar-refractivity contribution in [1.82, 2.24) is 0 Å². The molecule has 0 unspecified atom stereocenters. The molecule has 0 aromatic rings. The van der Waals surface area contributed by atoms with Crippen LogP contribution in [0.4, 0.5) is 0 Å². The molecule has 0 atom stereocenters. The minimum absolute atomic E-state index is 0.693. The quantitative estimate of drug-likeness (QED) is 0.612. The predicted octanol–water partition coefficient (Wildman–Crippen LogP) is 2.08. The second-order valence-corrected chi connectivity index (χ2v) is 9.08. The zero-order valence-corrected chi connectivity index (χ0v) is 8.15. The Morgan fingerprint density at radius 2 is 1.43 bits per heavy atom. The second kappa shape index (κ2) is 3.78. The zero-order valence-electron chi connectivity index (χ0n) is 6.60. The summed E-state index contributed by atoms with van der Waals surface area (Å²) in [6.45, 7) is 8.71. The Kier molecular flexibility index (Phi) is 3.21. The van der Waals surface area contributed by atoms with Gasteiger partial charge in [-0.3, -0.25) is 0 Å². The topological polar surface area (TPSA) is 0 Å². The predicted molar refractivity (Wildman–Crippen MR) is 37.3 cm³/mol. The molecule has 0 aromatic carbocycles. The summed E-state index contributed by atoms with van der Waals surface area (Å²) in [5.74, 6) is 0. The van der Waals surface area contributed by atoms with Crippen LogP contribution in [0.2, 0.25) is 7.73 Å². The van der Waals surface area contributed by atoms with Crippen LogP contribution in [0.25, 0.3) is 0 Å². The van der Waals surface area contributed by atoms with Crippen molar-refractivity contribution in [2.75, 3.05) is 0 Å². The monoisotopic (exact) mass is 209 g/mol.